The summed E-state index contributed by atoms with van der Waals surface area (Å²) in [6.45, 7) is 3.71. The standard InChI is InChI=1S/C20H21F3N4OS/c1-26-8-10-27(11-9-26)18-5-3-2-4-14(18)13-29(28)19-24-16-7-6-15(20(21,22)23)12-17(16)25-19/h2-7,12H,8-11,13H2,1H3,(H,24,25). The van der Waals surface area contributed by atoms with Crippen molar-refractivity contribution in [3.8, 4) is 0 Å². The van der Waals surface area contributed by atoms with Crippen molar-refractivity contribution in [3.63, 3.8) is 0 Å². The predicted molar refractivity (Wildman–Crippen MR) is 107 cm³/mol. The number of halogens is 3. The van der Waals surface area contributed by atoms with E-state index < -0.39 is 22.9 Å². The topological polar surface area (TPSA) is 58.2 Å². The number of imidazole rings is 1. The molecule has 0 aliphatic carbocycles. The van der Waals surface area contributed by atoms with Gasteiger partial charge in [0, 0.05) is 48.6 Å². The fourth-order valence-corrected chi connectivity index (χ4v) is 4.55. The molecule has 0 amide bonds. The minimum absolute atomic E-state index is 0.163. The van der Waals surface area contributed by atoms with Crippen LogP contribution in [0.25, 0.3) is 11.0 Å². The Morgan fingerprint density at radius 3 is 2.55 bits per heavy atom. The second-order valence-corrected chi connectivity index (χ2v) is 8.55. The molecule has 1 atom stereocenters. The number of nitrogens with one attached hydrogen (secondary N) is 1. The van der Waals surface area contributed by atoms with Crippen molar-refractivity contribution in [1.82, 2.24) is 14.9 Å². The van der Waals surface area contributed by atoms with E-state index in [4.69, 9.17) is 0 Å². The monoisotopic (exact) mass is 422 g/mol. The van der Waals surface area contributed by atoms with Gasteiger partial charge in [-0.05, 0) is 31.3 Å². The minimum Gasteiger partial charge on any atom is -0.609 e. The second-order valence-electron chi connectivity index (χ2n) is 7.18. The van der Waals surface area contributed by atoms with Gasteiger partial charge in [0.05, 0.1) is 16.6 Å². The molecule has 1 aromatic heterocycles. The number of para-hydroxylation sites is 1. The van der Waals surface area contributed by atoms with Crippen LogP contribution in [-0.2, 0) is 23.1 Å². The summed E-state index contributed by atoms with van der Waals surface area (Å²) in [5.41, 5.74) is 1.81. The number of hydrogen-bond donors (Lipinski definition) is 1. The van der Waals surface area contributed by atoms with Crippen molar-refractivity contribution in [2.75, 3.05) is 38.1 Å². The summed E-state index contributed by atoms with van der Waals surface area (Å²) in [5.74, 6) is 0.245. The van der Waals surface area contributed by atoms with Gasteiger partial charge < -0.3 is 14.4 Å². The van der Waals surface area contributed by atoms with Gasteiger partial charge in [0.2, 0.25) is 0 Å². The zero-order chi connectivity index (χ0) is 20.6. The van der Waals surface area contributed by atoms with Gasteiger partial charge in [0.1, 0.15) is 5.75 Å². The highest BCUT2D eigenvalue weighted by Crippen LogP contribution is 2.32. The molecule has 154 valence electrons. The van der Waals surface area contributed by atoms with Gasteiger partial charge >= 0.3 is 11.3 Å². The van der Waals surface area contributed by atoms with Crippen LogP contribution in [0.1, 0.15) is 11.1 Å². The van der Waals surface area contributed by atoms with Gasteiger partial charge in [0.15, 0.2) is 0 Å². The van der Waals surface area contributed by atoms with E-state index in [0.717, 1.165) is 49.6 Å². The zero-order valence-electron chi connectivity index (χ0n) is 15.9. The lowest BCUT2D eigenvalue weighted by Crippen LogP contribution is -2.44. The Balaban J connectivity index is 1.56. The van der Waals surface area contributed by atoms with E-state index in [9.17, 15) is 17.7 Å². The van der Waals surface area contributed by atoms with Crippen molar-refractivity contribution in [3.05, 3.63) is 53.6 Å². The first kappa shape index (κ1) is 20.1. The third kappa shape index (κ3) is 4.36. The molecule has 1 unspecified atom stereocenters. The highest BCUT2D eigenvalue weighted by molar-refractivity contribution is 7.90. The maximum Gasteiger partial charge on any atom is 0.416 e. The number of nitrogens with zero attached hydrogens (tertiary/aromatic N) is 3. The van der Waals surface area contributed by atoms with Gasteiger partial charge in [-0.15, -0.1) is 0 Å². The van der Waals surface area contributed by atoms with E-state index in [1.165, 1.54) is 6.07 Å². The van der Waals surface area contributed by atoms with Crippen molar-refractivity contribution >= 4 is 27.9 Å². The number of likely N-dealkylation sites (N-methyl/N-ethyl adjacent to an activating group) is 1. The molecule has 1 fully saturated rings. The van der Waals surface area contributed by atoms with Gasteiger partial charge in [-0.1, -0.05) is 18.2 Å². The van der Waals surface area contributed by atoms with Crippen LogP contribution in [0, 0.1) is 0 Å². The molecule has 1 aliphatic heterocycles. The number of benzene rings is 2. The fourth-order valence-electron chi connectivity index (χ4n) is 3.46. The summed E-state index contributed by atoms with van der Waals surface area (Å²) in [6.07, 6.45) is -4.44. The van der Waals surface area contributed by atoms with E-state index >= 15 is 0 Å². The minimum atomic E-state index is -4.44. The largest absolute Gasteiger partial charge is 0.609 e. The second kappa shape index (κ2) is 7.89. The molecule has 0 spiro atoms. The molecule has 1 N–H and O–H groups in total. The number of rotatable bonds is 4. The molecule has 0 saturated carbocycles. The number of fused-ring (bicyclic) bond motifs is 1. The average Bonchev–Trinajstić information content (AvgIpc) is 3.12. The molecule has 2 heterocycles. The third-order valence-electron chi connectivity index (χ3n) is 5.13. The first-order valence-electron chi connectivity index (χ1n) is 9.28. The van der Waals surface area contributed by atoms with Crippen LogP contribution in [0.5, 0.6) is 0 Å². The Morgan fingerprint density at radius 2 is 1.83 bits per heavy atom. The van der Waals surface area contributed by atoms with E-state index in [0.29, 0.717) is 5.52 Å². The highest BCUT2D eigenvalue weighted by atomic mass is 32.2. The van der Waals surface area contributed by atoms with Crippen LogP contribution in [-0.4, -0.2) is 52.6 Å². The number of piperazine rings is 1. The van der Waals surface area contributed by atoms with Crippen LogP contribution in [0.15, 0.2) is 47.6 Å². The maximum atomic E-state index is 12.9. The number of anilines is 1. The Labute approximate surface area is 169 Å². The molecule has 5 nitrogen and oxygen atoms in total. The van der Waals surface area contributed by atoms with Crippen molar-refractivity contribution < 1.29 is 17.7 Å². The number of H-pyrrole nitrogens is 1. The molecular weight excluding hydrogens is 401 g/mol. The number of alkyl halides is 3. The Hall–Kier alpha value is -2.23. The van der Waals surface area contributed by atoms with Crippen LogP contribution >= 0.6 is 0 Å². The van der Waals surface area contributed by atoms with E-state index in [-0.39, 0.29) is 16.4 Å². The fraction of sp³-hybridized carbons (Fsp3) is 0.350. The van der Waals surface area contributed by atoms with E-state index in [2.05, 4.69) is 26.8 Å². The lowest BCUT2D eigenvalue weighted by molar-refractivity contribution is -0.137. The normalized spacial score (nSPS) is 17.1. The molecule has 3 aromatic rings. The molecule has 29 heavy (non-hydrogen) atoms. The van der Waals surface area contributed by atoms with Gasteiger partial charge in [-0.3, -0.25) is 4.98 Å². The molecule has 4 rings (SSSR count). The summed E-state index contributed by atoms with van der Waals surface area (Å²) in [5, 5.41) is 0.188. The van der Waals surface area contributed by atoms with Gasteiger partial charge in [-0.2, -0.15) is 18.2 Å². The van der Waals surface area contributed by atoms with Crippen molar-refractivity contribution in [2.24, 2.45) is 0 Å². The Morgan fingerprint density at radius 1 is 1.10 bits per heavy atom. The van der Waals surface area contributed by atoms with E-state index in [1.54, 1.807) is 0 Å². The first-order chi connectivity index (χ1) is 13.8. The maximum absolute atomic E-state index is 12.9. The smallest absolute Gasteiger partial charge is 0.416 e. The molecular formula is C20H21F3N4OS. The molecule has 2 aromatic carbocycles. The summed E-state index contributed by atoms with van der Waals surface area (Å²) in [6, 6.07) is 11.1. The predicted octanol–water partition coefficient (Wildman–Crippen LogP) is 3.64. The van der Waals surface area contributed by atoms with Crippen LogP contribution in [0.2, 0.25) is 0 Å². The number of aromatic amines is 1. The van der Waals surface area contributed by atoms with Gasteiger partial charge in [0.25, 0.3) is 0 Å². The lowest BCUT2D eigenvalue weighted by atomic mass is 10.1. The third-order valence-corrected chi connectivity index (χ3v) is 6.32. The summed E-state index contributed by atoms with van der Waals surface area (Å²) in [7, 11) is 2.09. The highest BCUT2D eigenvalue weighted by Gasteiger charge is 2.31. The lowest BCUT2D eigenvalue weighted by Gasteiger charge is -2.35. The van der Waals surface area contributed by atoms with Crippen molar-refractivity contribution in [2.45, 2.75) is 17.1 Å². The SMILES string of the molecule is CN1CCN(c2ccccc2C[S+]([O-])c2nc3cc(C(F)(F)F)ccc3[nH]2)CC1. The van der Waals surface area contributed by atoms with Crippen LogP contribution < -0.4 is 4.90 Å². The molecule has 9 heteroatoms. The average molecular weight is 422 g/mol. The number of hydrogen-bond acceptors (Lipinski definition) is 4. The Bertz CT molecular complexity index is 999. The van der Waals surface area contributed by atoms with Crippen LogP contribution in [0.4, 0.5) is 18.9 Å². The van der Waals surface area contributed by atoms with Gasteiger partial charge in [-0.25, -0.2) is 0 Å². The molecule has 1 saturated heterocycles. The first-order valence-corrected chi connectivity index (χ1v) is 10.6. The quantitative estimate of drug-likeness (QED) is 0.653. The molecule has 1 aliphatic rings. The molecule has 0 bridgehead atoms. The zero-order valence-corrected chi connectivity index (χ0v) is 16.7. The number of aromatic nitrogens is 2. The van der Waals surface area contributed by atoms with E-state index in [1.807, 2.05) is 24.3 Å². The summed E-state index contributed by atoms with van der Waals surface area (Å²) < 4.78 is 51.6. The Kier molecular flexibility index (Phi) is 5.46. The summed E-state index contributed by atoms with van der Waals surface area (Å²) in [4.78, 5) is 11.6. The van der Waals surface area contributed by atoms with Crippen molar-refractivity contribution in [1.29, 1.82) is 0 Å². The molecule has 0 radical (unpaired) electrons. The van der Waals surface area contributed by atoms with Crippen LogP contribution in [0.3, 0.4) is 0 Å². The summed E-state index contributed by atoms with van der Waals surface area (Å²) >= 11 is -1.50.